The van der Waals surface area contributed by atoms with Gasteiger partial charge in [0.25, 0.3) is 0 Å². The van der Waals surface area contributed by atoms with Gasteiger partial charge in [-0.25, -0.2) is 4.79 Å². The van der Waals surface area contributed by atoms with E-state index < -0.39 is 6.10 Å². The maximum absolute atomic E-state index is 11.7. The van der Waals surface area contributed by atoms with E-state index in [-0.39, 0.29) is 6.03 Å². The van der Waals surface area contributed by atoms with Crippen LogP contribution in [0.2, 0.25) is 0 Å². The Morgan fingerprint density at radius 1 is 1.23 bits per heavy atom. The molecule has 1 heterocycles. The summed E-state index contributed by atoms with van der Waals surface area (Å²) in [6, 6.07) is 11.1. The largest absolute Gasteiger partial charge is 0.466 e. The van der Waals surface area contributed by atoms with Crippen LogP contribution < -0.4 is 10.6 Å². The van der Waals surface area contributed by atoms with E-state index >= 15 is 0 Å². The summed E-state index contributed by atoms with van der Waals surface area (Å²) in [7, 11) is 0. The molecule has 0 spiro atoms. The third-order valence-corrected chi connectivity index (χ3v) is 3.47. The topological polar surface area (TPSA) is 74.5 Å². The van der Waals surface area contributed by atoms with Crippen molar-refractivity contribution >= 4 is 6.03 Å². The lowest BCUT2D eigenvalue weighted by Crippen LogP contribution is -2.36. The number of carbonyl (C=O) groups is 1. The molecule has 0 fully saturated rings. The molecule has 0 aliphatic carbocycles. The second kappa shape index (κ2) is 7.66. The van der Waals surface area contributed by atoms with Crippen molar-refractivity contribution in [2.24, 2.45) is 0 Å². The van der Waals surface area contributed by atoms with Crippen molar-refractivity contribution in [3.8, 4) is 0 Å². The molecule has 0 saturated heterocycles. The van der Waals surface area contributed by atoms with Crippen LogP contribution in [0.3, 0.4) is 0 Å². The lowest BCUT2D eigenvalue weighted by Gasteiger charge is -2.12. The smallest absolute Gasteiger partial charge is 0.315 e. The van der Waals surface area contributed by atoms with Crippen molar-refractivity contribution in [1.82, 2.24) is 10.6 Å². The van der Waals surface area contributed by atoms with Crippen LogP contribution in [0.25, 0.3) is 0 Å². The molecule has 1 unspecified atom stereocenters. The minimum atomic E-state index is -0.569. The molecule has 1 aromatic carbocycles. The van der Waals surface area contributed by atoms with Crippen LogP contribution in [0.5, 0.6) is 0 Å². The Hall–Kier alpha value is -2.27. The van der Waals surface area contributed by atoms with Gasteiger partial charge in [-0.3, -0.25) is 0 Å². The first-order chi connectivity index (χ1) is 10.6. The van der Waals surface area contributed by atoms with E-state index in [2.05, 4.69) is 10.6 Å². The first-order valence-corrected chi connectivity index (χ1v) is 7.37. The summed E-state index contributed by atoms with van der Waals surface area (Å²) in [5.41, 5.74) is 1.83. The van der Waals surface area contributed by atoms with Crippen LogP contribution in [0.15, 0.2) is 40.8 Å². The Morgan fingerprint density at radius 3 is 2.59 bits per heavy atom. The fourth-order valence-electron chi connectivity index (χ4n) is 2.26. The summed E-state index contributed by atoms with van der Waals surface area (Å²) >= 11 is 0. The molecule has 0 radical (unpaired) electrons. The number of rotatable bonds is 6. The minimum absolute atomic E-state index is 0.251. The number of carbonyl (C=O) groups excluding carboxylic acids is 1. The third kappa shape index (κ3) is 4.63. The maximum atomic E-state index is 11.7. The summed E-state index contributed by atoms with van der Waals surface area (Å²) in [6.07, 6.45) is -0.0957. The highest BCUT2D eigenvalue weighted by Gasteiger charge is 2.09. The Labute approximate surface area is 130 Å². The van der Waals surface area contributed by atoms with E-state index in [0.29, 0.717) is 19.5 Å². The number of amides is 2. The first-order valence-electron chi connectivity index (χ1n) is 7.37. The molecular weight excluding hydrogens is 280 g/mol. The fraction of sp³-hybridized carbons (Fsp3) is 0.353. The third-order valence-electron chi connectivity index (χ3n) is 3.47. The normalized spacial score (nSPS) is 12.0. The number of furan rings is 1. The summed E-state index contributed by atoms with van der Waals surface area (Å²) in [6.45, 7) is 4.58. The average molecular weight is 302 g/mol. The van der Waals surface area contributed by atoms with Crippen molar-refractivity contribution in [1.29, 1.82) is 0 Å². The highest BCUT2D eigenvalue weighted by atomic mass is 16.3. The van der Waals surface area contributed by atoms with Crippen molar-refractivity contribution in [3.05, 3.63) is 59.0 Å². The van der Waals surface area contributed by atoms with Crippen molar-refractivity contribution in [3.63, 3.8) is 0 Å². The van der Waals surface area contributed by atoms with E-state index in [1.807, 2.05) is 50.2 Å². The van der Waals surface area contributed by atoms with E-state index in [0.717, 1.165) is 22.6 Å². The summed E-state index contributed by atoms with van der Waals surface area (Å²) in [5.74, 6) is 1.65. The average Bonchev–Trinajstić information content (AvgIpc) is 2.84. The molecule has 0 aliphatic rings. The Balaban J connectivity index is 1.69. The molecule has 3 N–H and O–H groups in total. The lowest BCUT2D eigenvalue weighted by atomic mass is 10.1. The van der Waals surface area contributed by atoms with Gasteiger partial charge in [-0.2, -0.15) is 0 Å². The van der Waals surface area contributed by atoms with Crippen molar-refractivity contribution < 1.29 is 14.3 Å². The van der Waals surface area contributed by atoms with E-state index in [1.165, 1.54) is 0 Å². The van der Waals surface area contributed by atoms with Gasteiger partial charge in [-0.05, 0) is 31.9 Å². The van der Waals surface area contributed by atoms with Gasteiger partial charge in [0.1, 0.15) is 11.5 Å². The van der Waals surface area contributed by atoms with Gasteiger partial charge in [0.15, 0.2) is 0 Å². The Bertz CT molecular complexity index is 608. The highest BCUT2D eigenvalue weighted by Crippen LogP contribution is 2.15. The zero-order valence-corrected chi connectivity index (χ0v) is 12.9. The second-order valence-electron chi connectivity index (χ2n) is 5.26. The maximum Gasteiger partial charge on any atom is 0.315 e. The van der Waals surface area contributed by atoms with Crippen molar-refractivity contribution in [2.75, 3.05) is 6.54 Å². The van der Waals surface area contributed by atoms with Crippen LogP contribution in [0.1, 0.15) is 35.2 Å². The molecule has 0 aliphatic heterocycles. The molecule has 2 amide bonds. The SMILES string of the molecule is Cc1cc(CNC(=O)NCCC(O)c2ccccc2)c(C)o1. The molecule has 1 atom stereocenters. The molecule has 5 heteroatoms. The predicted octanol–water partition coefficient (Wildman–Crippen LogP) is 2.82. The minimum Gasteiger partial charge on any atom is -0.466 e. The van der Waals surface area contributed by atoms with Crippen LogP contribution in [0, 0.1) is 13.8 Å². The monoisotopic (exact) mass is 302 g/mol. The number of urea groups is 1. The quantitative estimate of drug-likeness (QED) is 0.768. The molecule has 2 aromatic rings. The number of hydrogen-bond acceptors (Lipinski definition) is 3. The van der Waals surface area contributed by atoms with Gasteiger partial charge in [0.05, 0.1) is 6.10 Å². The van der Waals surface area contributed by atoms with E-state index in [4.69, 9.17) is 4.42 Å². The zero-order chi connectivity index (χ0) is 15.9. The van der Waals surface area contributed by atoms with Gasteiger partial charge >= 0.3 is 6.03 Å². The molecule has 5 nitrogen and oxygen atoms in total. The van der Waals surface area contributed by atoms with Crippen LogP contribution in [-0.2, 0) is 6.54 Å². The summed E-state index contributed by atoms with van der Waals surface area (Å²) in [4.78, 5) is 11.7. The molecule has 0 saturated carbocycles. The van der Waals surface area contributed by atoms with Gasteiger partial charge in [0, 0.05) is 18.7 Å². The molecule has 118 valence electrons. The summed E-state index contributed by atoms with van der Waals surface area (Å²) in [5, 5.41) is 15.5. The summed E-state index contributed by atoms with van der Waals surface area (Å²) < 4.78 is 5.40. The molecule has 0 bridgehead atoms. The molecular formula is C17H22N2O3. The molecule has 22 heavy (non-hydrogen) atoms. The molecule has 1 aromatic heterocycles. The fourth-order valence-corrected chi connectivity index (χ4v) is 2.26. The highest BCUT2D eigenvalue weighted by molar-refractivity contribution is 5.73. The number of aliphatic hydroxyl groups is 1. The van der Waals surface area contributed by atoms with Gasteiger partial charge in [-0.15, -0.1) is 0 Å². The predicted molar refractivity (Wildman–Crippen MR) is 84.4 cm³/mol. The Kier molecular flexibility index (Phi) is 5.61. The number of aryl methyl sites for hydroxylation is 2. The van der Waals surface area contributed by atoms with Crippen molar-refractivity contribution in [2.45, 2.75) is 32.9 Å². The second-order valence-corrected chi connectivity index (χ2v) is 5.26. The number of hydrogen-bond donors (Lipinski definition) is 3. The number of benzene rings is 1. The van der Waals surface area contributed by atoms with Gasteiger partial charge < -0.3 is 20.2 Å². The molecule has 2 rings (SSSR count). The first kappa shape index (κ1) is 16.1. The van der Waals surface area contributed by atoms with Crippen LogP contribution >= 0.6 is 0 Å². The zero-order valence-electron chi connectivity index (χ0n) is 12.9. The van der Waals surface area contributed by atoms with Gasteiger partial charge in [0.2, 0.25) is 0 Å². The lowest BCUT2D eigenvalue weighted by molar-refractivity contribution is 0.167. The van der Waals surface area contributed by atoms with E-state index in [9.17, 15) is 9.90 Å². The Morgan fingerprint density at radius 2 is 1.95 bits per heavy atom. The van der Waals surface area contributed by atoms with Crippen LogP contribution in [0.4, 0.5) is 4.79 Å². The van der Waals surface area contributed by atoms with Crippen LogP contribution in [-0.4, -0.2) is 17.7 Å². The number of nitrogens with one attached hydrogen (secondary N) is 2. The van der Waals surface area contributed by atoms with E-state index in [1.54, 1.807) is 0 Å². The number of aliphatic hydroxyl groups excluding tert-OH is 1. The van der Waals surface area contributed by atoms with Gasteiger partial charge in [-0.1, -0.05) is 30.3 Å². The standard InChI is InChI=1S/C17H22N2O3/c1-12-10-15(13(2)22-12)11-19-17(21)18-9-8-16(20)14-6-4-3-5-7-14/h3-7,10,16,20H,8-9,11H2,1-2H3,(H2,18,19,21).